The first-order chi connectivity index (χ1) is 11.9. The maximum Gasteiger partial charge on any atom is 0.336 e. The Bertz CT molecular complexity index is 883. The third-order valence-electron chi connectivity index (χ3n) is 3.19. The molecule has 2 aromatic rings. The third-order valence-corrected chi connectivity index (χ3v) is 3.19. The number of hydrogen-bond acceptors (Lipinski definition) is 5. The smallest absolute Gasteiger partial charge is 0.336 e. The number of nitrogens with zero attached hydrogens (tertiary/aromatic N) is 1. The number of hydrogen-bond donors (Lipinski definition) is 2. The molecule has 2 aromatic carbocycles. The van der Waals surface area contributed by atoms with Crippen LogP contribution in [0.1, 0.15) is 33.2 Å². The molecule has 0 atom stereocenters. The molecular weight excluding hydrogens is 324 g/mol. The van der Waals surface area contributed by atoms with Crippen molar-refractivity contribution >= 4 is 23.3 Å². The molecular formula is C18H14N2O5. The van der Waals surface area contributed by atoms with Crippen LogP contribution >= 0.6 is 0 Å². The lowest BCUT2D eigenvalue weighted by molar-refractivity contribution is -0.118. The number of rotatable bonds is 6. The first kappa shape index (κ1) is 17.7. The predicted octanol–water partition coefficient (Wildman–Crippen LogP) is 2.48. The number of nitriles is 1. The predicted molar refractivity (Wildman–Crippen MR) is 88.7 cm³/mol. The molecule has 0 aliphatic rings. The minimum atomic E-state index is -1.21. The fourth-order valence-electron chi connectivity index (χ4n) is 2.07. The summed E-state index contributed by atoms with van der Waals surface area (Å²) in [5.74, 6) is -1.79. The minimum Gasteiger partial charge on any atom is -0.484 e. The summed E-state index contributed by atoms with van der Waals surface area (Å²) in [5.41, 5.74) is 0.329. The highest BCUT2D eigenvalue weighted by molar-refractivity contribution is 6.10. The number of carbonyl (C=O) groups is 3. The van der Waals surface area contributed by atoms with Crippen molar-refractivity contribution in [3.05, 3.63) is 59.2 Å². The van der Waals surface area contributed by atoms with Crippen LogP contribution in [0, 0.1) is 11.3 Å². The topological polar surface area (TPSA) is 116 Å². The molecule has 0 spiro atoms. The lowest BCUT2D eigenvalue weighted by Crippen LogP contribution is -2.16. The molecule has 2 N–H and O–H groups in total. The van der Waals surface area contributed by atoms with E-state index in [1.807, 2.05) is 6.07 Å². The van der Waals surface area contributed by atoms with Gasteiger partial charge in [0.15, 0.2) is 5.78 Å². The Kier molecular flexibility index (Phi) is 5.48. The summed E-state index contributed by atoms with van der Waals surface area (Å²) < 4.78 is 5.22. The van der Waals surface area contributed by atoms with Crippen LogP contribution in [0.2, 0.25) is 0 Å². The van der Waals surface area contributed by atoms with E-state index in [0.717, 1.165) is 0 Å². The van der Waals surface area contributed by atoms with Gasteiger partial charge in [0.05, 0.1) is 16.7 Å². The van der Waals surface area contributed by atoms with Crippen LogP contribution in [0.3, 0.4) is 0 Å². The van der Waals surface area contributed by atoms with Gasteiger partial charge >= 0.3 is 5.97 Å². The van der Waals surface area contributed by atoms with E-state index < -0.39 is 11.9 Å². The van der Waals surface area contributed by atoms with E-state index in [1.54, 1.807) is 6.07 Å². The van der Waals surface area contributed by atoms with Crippen molar-refractivity contribution in [2.24, 2.45) is 0 Å². The van der Waals surface area contributed by atoms with Crippen molar-refractivity contribution in [3.63, 3.8) is 0 Å². The first-order valence-corrected chi connectivity index (χ1v) is 7.22. The number of carboxylic acid groups (broad SMARTS) is 1. The zero-order chi connectivity index (χ0) is 18.4. The Balaban J connectivity index is 2.23. The fourth-order valence-corrected chi connectivity index (χ4v) is 2.07. The summed E-state index contributed by atoms with van der Waals surface area (Å²) in [6, 6.07) is 12.1. The molecule has 1 amide bonds. The van der Waals surface area contributed by atoms with E-state index in [9.17, 15) is 19.6 Å². The van der Waals surface area contributed by atoms with E-state index in [1.165, 1.54) is 43.3 Å². The number of carbonyl (C=O) groups excluding carboxylic acids is 2. The van der Waals surface area contributed by atoms with Crippen LogP contribution in [-0.4, -0.2) is 29.4 Å². The molecule has 2 rings (SSSR count). The molecule has 0 saturated heterocycles. The zero-order valence-electron chi connectivity index (χ0n) is 13.3. The van der Waals surface area contributed by atoms with Crippen LogP contribution < -0.4 is 10.1 Å². The summed E-state index contributed by atoms with van der Waals surface area (Å²) >= 11 is 0. The summed E-state index contributed by atoms with van der Waals surface area (Å²) in [4.78, 5) is 34.4. The van der Waals surface area contributed by atoms with Gasteiger partial charge in [-0.05, 0) is 37.3 Å². The number of ketones is 1. The monoisotopic (exact) mass is 338 g/mol. The van der Waals surface area contributed by atoms with Crippen molar-refractivity contribution in [1.29, 1.82) is 5.26 Å². The Morgan fingerprint density at radius 1 is 1.16 bits per heavy atom. The van der Waals surface area contributed by atoms with E-state index in [-0.39, 0.29) is 34.8 Å². The molecule has 0 radical (unpaired) electrons. The second-order valence-corrected chi connectivity index (χ2v) is 5.12. The molecule has 25 heavy (non-hydrogen) atoms. The number of carboxylic acids is 1. The summed E-state index contributed by atoms with van der Waals surface area (Å²) in [6.07, 6.45) is 0. The Morgan fingerprint density at radius 3 is 2.44 bits per heavy atom. The molecule has 7 nitrogen and oxygen atoms in total. The van der Waals surface area contributed by atoms with E-state index in [4.69, 9.17) is 9.84 Å². The van der Waals surface area contributed by atoms with Gasteiger partial charge in [-0.2, -0.15) is 5.26 Å². The second kappa shape index (κ2) is 7.75. The van der Waals surface area contributed by atoms with Gasteiger partial charge in [-0.15, -0.1) is 0 Å². The lowest BCUT2D eigenvalue weighted by atomic mass is 10.1. The number of aromatic carboxylic acids is 1. The normalized spacial score (nSPS) is 9.76. The van der Waals surface area contributed by atoms with Crippen molar-refractivity contribution < 1.29 is 24.2 Å². The number of anilines is 1. The van der Waals surface area contributed by atoms with E-state index in [0.29, 0.717) is 5.69 Å². The van der Waals surface area contributed by atoms with Crippen LogP contribution in [0.5, 0.6) is 5.75 Å². The molecule has 0 heterocycles. The zero-order valence-corrected chi connectivity index (χ0v) is 13.3. The average molecular weight is 338 g/mol. The molecule has 0 saturated carbocycles. The maximum absolute atomic E-state index is 12.3. The van der Waals surface area contributed by atoms with Gasteiger partial charge in [0.2, 0.25) is 0 Å². The minimum absolute atomic E-state index is 0.00501. The summed E-state index contributed by atoms with van der Waals surface area (Å²) in [6.45, 7) is 1.20. The first-order valence-electron chi connectivity index (χ1n) is 7.22. The van der Waals surface area contributed by atoms with Gasteiger partial charge in [0.25, 0.3) is 5.91 Å². The number of Topliss-reactive ketones (excluding diaryl/α,β-unsaturated/α-hetero) is 1. The summed E-state index contributed by atoms with van der Waals surface area (Å²) in [5, 5.41) is 20.9. The van der Waals surface area contributed by atoms with Crippen molar-refractivity contribution in [1.82, 2.24) is 0 Å². The van der Waals surface area contributed by atoms with Gasteiger partial charge in [0.1, 0.15) is 18.4 Å². The molecule has 126 valence electrons. The molecule has 0 aliphatic heterocycles. The van der Waals surface area contributed by atoms with E-state index >= 15 is 0 Å². The van der Waals surface area contributed by atoms with Gasteiger partial charge in [0, 0.05) is 5.69 Å². The average Bonchev–Trinajstić information content (AvgIpc) is 2.60. The number of amides is 1. The second-order valence-electron chi connectivity index (χ2n) is 5.12. The molecule has 7 heteroatoms. The molecule has 0 bridgehead atoms. The molecule has 0 unspecified atom stereocenters. The van der Waals surface area contributed by atoms with Crippen molar-refractivity contribution in [2.75, 3.05) is 11.9 Å². The van der Waals surface area contributed by atoms with Crippen LogP contribution in [0.25, 0.3) is 0 Å². The van der Waals surface area contributed by atoms with Crippen molar-refractivity contribution in [2.45, 2.75) is 6.92 Å². The highest BCUT2D eigenvalue weighted by Gasteiger charge is 2.16. The lowest BCUT2D eigenvalue weighted by Gasteiger charge is -2.10. The van der Waals surface area contributed by atoms with Gasteiger partial charge < -0.3 is 15.2 Å². The standard InChI is InChI=1S/C18H14N2O5/c1-11(21)10-25-16-7-6-13(8-12(16)9-19)20-17(22)14-4-2-3-5-15(14)18(23)24/h2-8H,10H2,1H3,(H,20,22)(H,23,24). The molecule has 0 aromatic heterocycles. The van der Waals surface area contributed by atoms with Gasteiger partial charge in [-0.3, -0.25) is 9.59 Å². The highest BCUT2D eigenvalue weighted by Crippen LogP contribution is 2.23. The number of ether oxygens (including phenoxy) is 1. The van der Waals surface area contributed by atoms with Crippen LogP contribution in [-0.2, 0) is 4.79 Å². The number of benzene rings is 2. The number of nitrogens with one attached hydrogen (secondary N) is 1. The quantitative estimate of drug-likeness (QED) is 0.836. The SMILES string of the molecule is CC(=O)COc1ccc(NC(=O)c2ccccc2C(=O)O)cc1C#N. The Hall–Kier alpha value is -3.66. The molecule has 0 aliphatic carbocycles. The highest BCUT2D eigenvalue weighted by atomic mass is 16.5. The van der Waals surface area contributed by atoms with Crippen LogP contribution in [0.4, 0.5) is 5.69 Å². The van der Waals surface area contributed by atoms with Crippen LogP contribution in [0.15, 0.2) is 42.5 Å². The Labute approximate surface area is 143 Å². The molecule has 0 fully saturated rings. The largest absolute Gasteiger partial charge is 0.484 e. The fraction of sp³-hybridized carbons (Fsp3) is 0.111. The van der Waals surface area contributed by atoms with Crippen molar-refractivity contribution in [3.8, 4) is 11.8 Å². The summed E-state index contributed by atoms with van der Waals surface area (Å²) in [7, 11) is 0. The third kappa shape index (κ3) is 4.42. The Morgan fingerprint density at radius 2 is 1.84 bits per heavy atom. The maximum atomic E-state index is 12.3. The van der Waals surface area contributed by atoms with Gasteiger partial charge in [-0.1, -0.05) is 12.1 Å². The van der Waals surface area contributed by atoms with Gasteiger partial charge in [-0.25, -0.2) is 4.79 Å². The van der Waals surface area contributed by atoms with E-state index in [2.05, 4.69) is 5.32 Å².